The van der Waals surface area contributed by atoms with Crippen LogP contribution in [-0.4, -0.2) is 23.1 Å². The number of nitrogens with zero attached hydrogens (tertiary/aromatic N) is 2. The molecule has 0 spiro atoms. The third-order valence-electron chi connectivity index (χ3n) is 2.97. The van der Waals surface area contributed by atoms with Gasteiger partial charge in [-0.05, 0) is 18.3 Å². The highest BCUT2D eigenvalue weighted by atomic mass is 15.1. The van der Waals surface area contributed by atoms with Crippen molar-refractivity contribution >= 4 is 11.6 Å². The second-order valence-corrected chi connectivity index (χ2v) is 4.82. The standard InChI is InChI=1S/C13H24N4/c1-5-6-14-12-7-13(17-9-16-12)15-8-11(4)10(2)3/h7,9-11H,5-6,8H2,1-4H3,(H2,14,15,16,17). The van der Waals surface area contributed by atoms with Crippen LogP contribution in [0.3, 0.4) is 0 Å². The normalized spacial score (nSPS) is 12.5. The fraction of sp³-hybridized carbons (Fsp3) is 0.692. The molecule has 1 unspecified atom stereocenters. The van der Waals surface area contributed by atoms with E-state index in [9.17, 15) is 0 Å². The van der Waals surface area contributed by atoms with Crippen LogP contribution in [0.5, 0.6) is 0 Å². The number of anilines is 2. The average molecular weight is 236 g/mol. The van der Waals surface area contributed by atoms with Gasteiger partial charge < -0.3 is 10.6 Å². The van der Waals surface area contributed by atoms with Crippen molar-refractivity contribution in [3.05, 3.63) is 12.4 Å². The third kappa shape index (κ3) is 5.02. The molecule has 0 saturated heterocycles. The molecule has 0 aromatic carbocycles. The first-order chi connectivity index (χ1) is 8.13. The van der Waals surface area contributed by atoms with Gasteiger partial charge in [-0.15, -0.1) is 0 Å². The molecule has 4 heteroatoms. The molecule has 0 aliphatic rings. The Morgan fingerprint density at radius 2 is 1.76 bits per heavy atom. The summed E-state index contributed by atoms with van der Waals surface area (Å²) in [6, 6.07) is 1.96. The van der Waals surface area contributed by atoms with Gasteiger partial charge in [-0.1, -0.05) is 27.7 Å². The minimum Gasteiger partial charge on any atom is -0.370 e. The first kappa shape index (κ1) is 13.7. The fourth-order valence-electron chi connectivity index (χ4n) is 1.30. The zero-order chi connectivity index (χ0) is 12.7. The van der Waals surface area contributed by atoms with E-state index in [0.29, 0.717) is 11.8 Å². The molecule has 1 aromatic rings. The van der Waals surface area contributed by atoms with Crippen LogP contribution in [0, 0.1) is 11.8 Å². The third-order valence-corrected chi connectivity index (χ3v) is 2.97. The van der Waals surface area contributed by atoms with Crippen LogP contribution in [0.25, 0.3) is 0 Å². The number of hydrogen-bond acceptors (Lipinski definition) is 4. The van der Waals surface area contributed by atoms with Crippen LogP contribution in [-0.2, 0) is 0 Å². The van der Waals surface area contributed by atoms with Crippen LogP contribution in [0.2, 0.25) is 0 Å². The number of rotatable bonds is 7. The number of nitrogens with one attached hydrogen (secondary N) is 2. The lowest BCUT2D eigenvalue weighted by atomic mass is 9.98. The highest BCUT2D eigenvalue weighted by molar-refractivity contribution is 5.46. The lowest BCUT2D eigenvalue weighted by Crippen LogP contribution is -2.17. The van der Waals surface area contributed by atoms with E-state index in [0.717, 1.165) is 31.1 Å². The molecule has 0 saturated carbocycles. The summed E-state index contributed by atoms with van der Waals surface area (Å²) in [6.45, 7) is 10.7. The summed E-state index contributed by atoms with van der Waals surface area (Å²) in [7, 11) is 0. The number of hydrogen-bond donors (Lipinski definition) is 2. The van der Waals surface area contributed by atoms with E-state index in [-0.39, 0.29) is 0 Å². The summed E-state index contributed by atoms with van der Waals surface area (Å²) in [5.41, 5.74) is 0. The van der Waals surface area contributed by atoms with Crippen LogP contribution < -0.4 is 10.6 Å². The van der Waals surface area contributed by atoms with E-state index in [1.54, 1.807) is 6.33 Å². The molecule has 0 amide bonds. The van der Waals surface area contributed by atoms with Crippen LogP contribution in [0.4, 0.5) is 11.6 Å². The molecule has 1 aromatic heterocycles. The summed E-state index contributed by atoms with van der Waals surface area (Å²) < 4.78 is 0. The first-order valence-electron chi connectivity index (χ1n) is 6.43. The molecule has 2 N–H and O–H groups in total. The monoisotopic (exact) mass is 236 g/mol. The van der Waals surface area contributed by atoms with Crippen molar-refractivity contribution < 1.29 is 0 Å². The van der Waals surface area contributed by atoms with E-state index >= 15 is 0 Å². The molecule has 1 heterocycles. The maximum Gasteiger partial charge on any atom is 0.131 e. The topological polar surface area (TPSA) is 49.8 Å². The van der Waals surface area contributed by atoms with Gasteiger partial charge in [0.05, 0.1) is 0 Å². The van der Waals surface area contributed by atoms with E-state index in [2.05, 4.69) is 48.3 Å². The molecule has 1 rings (SSSR count). The molecule has 0 fully saturated rings. The van der Waals surface area contributed by atoms with E-state index in [4.69, 9.17) is 0 Å². The second-order valence-electron chi connectivity index (χ2n) is 4.82. The Labute approximate surface area is 104 Å². The van der Waals surface area contributed by atoms with Gasteiger partial charge in [0.25, 0.3) is 0 Å². The predicted octanol–water partition coefficient (Wildman–Crippen LogP) is 3.00. The Kier molecular flexibility index (Phi) is 5.73. The van der Waals surface area contributed by atoms with E-state index in [1.165, 1.54) is 0 Å². The van der Waals surface area contributed by atoms with Crippen molar-refractivity contribution in [2.75, 3.05) is 23.7 Å². The summed E-state index contributed by atoms with van der Waals surface area (Å²) in [6.07, 6.45) is 2.69. The van der Waals surface area contributed by atoms with Gasteiger partial charge in [0.2, 0.25) is 0 Å². The minimum absolute atomic E-state index is 0.636. The van der Waals surface area contributed by atoms with Crippen molar-refractivity contribution in [1.82, 2.24) is 9.97 Å². The van der Waals surface area contributed by atoms with E-state index < -0.39 is 0 Å². The SMILES string of the molecule is CCCNc1cc(NCC(C)C(C)C)ncn1. The average Bonchev–Trinajstić information content (AvgIpc) is 2.33. The maximum absolute atomic E-state index is 4.22. The Morgan fingerprint density at radius 1 is 1.12 bits per heavy atom. The quantitative estimate of drug-likeness (QED) is 0.764. The molecule has 0 aliphatic heterocycles. The summed E-state index contributed by atoms with van der Waals surface area (Å²) in [4.78, 5) is 8.39. The molecule has 4 nitrogen and oxygen atoms in total. The van der Waals surface area contributed by atoms with Crippen LogP contribution >= 0.6 is 0 Å². The molecule has 0 aliphatic carbocycles. The van der Waals surface area contributed by atoms with Gasteiger partial charge in [0.15, 0.2) is 0 Å². The molecule has 0 radical (unpaired) electrons. The lowest BCUT2D eigenvalue weighted by molar-refractivity contribution is 0.439. The van der Waals surface area contributed by atoms with E-state index in [1.807, 2.05) is 6.07 Å². The van der Waals surface area contributed by atoms with Gasteiger partial charge in [-0.25, -0.2) is 9.97 Å². The van der Waals surface area contributed by atoms with Crippen LogP contribution in [0.1, 0.15) is 34.1 Å². The van der Waals surface area contributed by atoms with Crippen molar-refractivity contribution in [2.45, 2.75) is 34.1 Å². The fourth-order valence-corrected chi connectivity index (χ4v) is 1.30. The predicted molar refractivity (Wildman–Crippen MR) is 73.3 cm³/mol. The zero-order valence-corrected chi connectivity index (χ0v) is 11.3. The summed E-state index contributed by atoms with van der Waals surface area (Å²) >= 11 is 0. The Bertz CT molecular complexity index is 325. The Morgan fingerprint density at radius 3 is 2.35 bits per heavy atom. The van der Waals surface area contributed by atoms with Crippen molar-refractivity contribution in [3.63, 3.8) is 0 Å². The molecular weight excluding hydrogens is 212 g/mol. The lowest BCUT2D eigenvalue weighted by Gasteiger charge is -2.16. The van der Waals surface area contributed by atoms with Gasteiger partial charge in [-0.3, -0.25) is 0 Å². The second kappa shape index (κ2) is 7.09. The van der Waals surface area contributed by atoms with Crippen molar-refractivity contribution in [3.8, 4) is 0 Å². The van der Waals surface area contributed by atoms with Gasteiger partial charge in [-0.2, -0.15) is 0 Å². The smallest absolute Gasteiger partial charge is 0.131 e. The molecule has 17 heavy (non-hydrogen) atoms. The van der Waals surface area contributed by atoms with Crippen molar-refractivity contribution in [1.29, 1.82) is 0 Å². The summed E-state index contributed by atoms with van der Waals surface area (Å²) in [5, 5.41) is 6.61. The van der Waals surface area contributed by atoms with Crippen molar-refractivity contribution in [2.24, 2.45) is 11.8 Å². The maximum atomic E-state index is 4.22. The molecular formula is C13H24N4. The highest BCUT2D eigenvalue weighted by Crippen LogP contribution is 2.12. The van der Waals surface area contributed by atoms with Gasteiger partial charge in [0, 0.05) is 19.2 Å². The minimum atomic E-state index is 0.636. The summed E-state index contributed by atoms with van der Waals surface area (Å²) in [5.74, 6) is 3.10. The highest BCUT2D eigenvalue weighted by Gasteiger charge is 2.07. The van der Waals surface area contributed by atoms with Gasteiger partial charge in [0.1, 0.15) is 18.0 Å². The number of aromatic nitrogens is 2. The zero-order valence-electron chi connectivity index (χ0n) is 11.3. The first-order valence-corrected chi connectivity index (χ1v) is 6.43. The Balaban J connectivity index is 2.48. The van der Waals surface area contributed by atoms with Crippen LogP contribution in [0.15, 0.2) is 12.4 Å². The van der Waals surface area contributed by atoms with Gasteiger partial charge >= 0.3 is 0 Å². The molecule has 1 atom stereocenters. The molecule has 96 valence electrons. The molecule has 0 bridgehead atoms. The largest absolute Gasteiger partial charge is 0.370 e. The Hall–Kier alpha value is -1.32.